The summed E-state index contributed by atoms with van der Waals surface area (Å²) in [5, 5.41) is 0. The number of rotatable bonds is 6. The molecule has 0 bridgehead atoms. The van der Waals surface area contributed by atoms with Crippen molar-refractivity contribution in [3.8, 4) is 0 Å². The third kappa shape index (κ3) is 3.82. The molecule has 2 aromatic carbocycles. The predicted molar refractivity (Wildman–Crippen MR) is 111 cm³/mol. The summed E-state index contributed by atoms with van der Waals surface area (Å²) in [6, 6.07) is 18.4. The lowest BCUT2D eigenvalue weighted by Crippen LogP contribution is -2.47. The Morgan fingerprint density at radius 2 is 1.15 bits per heavy atom. The van der Waals surface area contributed by atoms with Crippen LogP contribution in [0, 0.1) is 0 Å². The highest BCUT2D eigenvalue weighted by atomic mass is 15.3. The minimum Gasteiger partial charge on any atom is -0.296 e. The lowest BCUT2D eigenvalue weighted by molar-refractivity contribution is 0.0616. The number of benzene rings is 2. The first kappa shape index (κ1) is 18.6. The first-order chi connectivity index (χ1) is 12.7. The Labute approximate surface area is 158 Å². The number of nitrogens with zero attached hydrogens (tertiary/aromatic N) is 2. The van der Waals surface area contributed by atoms with E-state index in [9.17, 15) is 0 Å². The van der Waals surface area contributed by atoms with E-state index >= 15 is 0 Å². The van der Waals surface area contributed by atoms with Gasteiger partial charge < -0.3 is 0 Å². The SMILES string of the molecule is C=CCc1ccccc1[C@H]1CN(C)[C@H](c2ccccc2CC=C)CN1C. The van der Waals surface area contributed by atoms with E-state index in [-0.39, 0.29) is 0 Å². The molecule has 0 spiro atoms. The van der Waals surface area contributed by atoms with E-state index in [4.69, 9.17) is 0 Å². The van der Waals surface area contributed by atoms with Crippen LogP contribution < -0.4 is 0 Å². The van der Waals surface area contributed by atoms with Crippen LogP contribution in [0.1, 0.15) is 34.3 Å². The van der Waals surface area contributed by atoms with Gasteiger partial charge in [0.2, 0.25) is 0 Å². The van der Waals surface area contributed by atoms with Crippen molar-refractivity contribution in [3.63, 3.8) is 0 Å². The summed E-state index contributed by atoms with van der Waals surface area (Å²) in [5.41, 5.74) is 5.63. The van der Waals surface area contributed by atoms with E-state index in [2.05, 4.69) is 85.6 Å². The maximum Gasteiger partial charge on any atom is 0.0475 e. The Morgan fingerprint density at radius 3 is 1.54 bits per heavy atom. The largest absolute Gasteiger partial charge is 0.296 e. The lowest BCUT2D eigenvalue weighted by Gasteiger charge is -2.44. The van der Waals surface area contributed by atoms with E-state index in [1.807, 2.05) is 12.2 Å². The molecule has 1 heterocycles. The molecule has 2 atom stereocenters. The summed E-state index contributed by atoms with van der Waals surface area (Å²) in [6.07, 6.45) is 5.85. The highest BCUT2D eigenvalue weighted by molar-refractivity contribution is 5.35. The molecule has 0 unspecified atom stereocenters. The van der Waals surface area contributed by atoms with E-state index in [0.29, 0.717) is 12.1 Å². The molecule has 0 aliphatic carbocycles. The van der Waals surface area contributed by atoms with Crippen molar-refractivity contribution < 1.29 is 0 Å². The fraction of sp³-hybridized carbons (Fsp3) is 0.333. The van der Waals surface area contributed by atoms with Gasteiger partial charge in [0.25, 0.3) is 0 Å². The van der Waals surface area contributed by atoms with Crippen molar-refractivity contribution >= 4 is 0 Å². The average Bonchev–Trinajstić information content (AvgIpc) is 2.65. The minimum absolute atomic E-state index is 0.416. The van der Waals surface area contributed by atoms with Crippen LogP contribution in [0.4, 0.5) is 0 Å². The minimum atomic E-state index is 0.416. The Hall–Kier alpha value is -2.16. The van der Waals surface area contributed by atoms with Gasteiger partial charge in [0.15, 0.2) is 0 Å². The van der Waals surface area contributed by atoms with Gasteiger partial charge in [-0.15, -0.1) is 13.2 Å². The summed E-state index contributed by atoms with van der Waals surface area (Å²) in [6.45, 7) is 9.90. The third-order valence-corrected chi connectivity index (χ3v) is 5.54. The molecule has 0 saturated carbocycles. The molecule has 2 nitrogen and oxygen atoms in total. The molecule has 1 saturated heterocycles. The maximum atomic E-state index is 3.92. The van der Waals surface area contributed by atoms with Gasteiger partial charge in [0, 0.05) is 25.2 Å². The van der Waals surface area contributed by atoms with Gasteiger partial charge >= 0.3 is 0 Å². The quantitative estimate of drug-likeness (QED) is 0.693. The number of piperazine rings is 1. The number of likely N-dealkylation sites (N-methyl/N-ethyl adjacent to an activating group) is 2. The summed E-state index contributed by atoms with van der Waals surface area (Å²) in [7, 11) is 4.51. The Bertz CT molecular complexity index is 699. The molecular weight excluding hydrogens is 316 g/mol. The number of hydrogen-bond acceptors (Lipinski definition) is 2. The van der Waals surface area contributed by atoms with Crippen LogP contribution in [0.15, 0.2) is 73.8 Å². The summed E-state index contributed by atoms with van der Waals surface area (Å²) < 4.78 is 0. The van der Waals surface area contributed by atoms with Crippen LogP contribution >= 0.6 is 0 Å². The van der Waals surface area contributed by atoms with E-state index < -0.39 is 0 Å². The highest BCUT2D eigenvalue weighted by Gasteiger charge is 2.33. The van der Waals surface area contributed by atoms with Gasteiger partial charge in [0.05, 0.1) is 0 Å². The molecule has 2 aromatic rings. The van der Waals surface area contributed by atoms with Crippen LogP contribution in [-0.4, -0.2) is 37.0 Å². The van der Waals surface area contributed by atoms with Gasteiger partial charge in [-0.1, -0.05) is 60.7 Å². The molecule has 26 heavy (non-hydrogen) atoms. The standard InChI is InChI=1S/C24H30N2/c1-5-11-19-13-7-9-15-21(19)23-17-26(4)24(18-25(23)3)22-16-10-8-14-20(22)12-6-2/h5-10,13-16,23-24H,1-2,11-12,17-18H2,3-4H3/t23-,24+. The van der Waals surface area contributed by atoms with E-state index in [0.717, 1.165) is 25.9 Å². The van der Waals surface area contributed by atoms with Gasteiger partial charge in [-0.25, -0.2) is 0 Å². The van der Waals surface area contributed by atoms with Gasteiger partial charge in [-0.2, -0.15) is 0 Å². The third-order valence-electron chi connectivity index (χ3n) is 5.54. The molecule has 1 aliphatic heterocycles. The molecule has 0 N–H and O–H groups in total. The van der Waals surface area contributed by atoms with Crippen LogP contribution in [0.5, 0.6) is 0 Å². The van der Waals surface area contributed by atoms with Crippen molar-refractivity contribution in [2.24, 2.45) is 0 Å². The maximum absolute atomic E-state index is 3.92. The van der Waals surface area contributed by atoms with Crippen LogP contribution in [0.25, 0.3) is 0 Å². The average molecular weight is 347 g/mol. The second-order valence-corrected chi connectivity index (χ2v) is 7.29. The van der Waals surface area contributed by atoms with Gasteiger partial charge in [-0.3, -0.25) is 9.80 Å². The molecule has 1 aliphatic rings. The number of allylic oxidation sites excluding steroid dienone is 2. The Morgan fingerprint density at radius 1 is 0.769 bits per heavy atom. The summed E-state index contributed by atoms with van der Waals surface area (Å²) in [4.78, 5) is 5.02. The van der Waals surface area contributed by atoms with Gasteiger partial charge in [-0.05, 0) is 49.2 Å². The van der Waals surface area contributed by atoms with E-state index in [1.54, 1.807) is 0 Å². The zero-order valence-electron chi connectivity index (χ0n) is 16.1. The predicted octanol–water partition coefficient (Wildman–Crippen LogP) is 4.80. The second kappa shape index (κ2) is 8.48. The normalized spacial score (nSPS) is 21.5. The highest BCUT2D eigenvalue weighted by Crippen LogP contribution is 2.35. The zero-order valence-corrected chi connectivity index (χ0v) is 16.1. The molecule has 136 valence electrons. The van der Waals surface area contributed by atoms with Crippen molar-refractivity contribution in [2.45, 2.75) is 24.9 Å². The Balaban J connectivity index is 1.87. The molecule has 0 amide bonds. The fourth-order valence-electron chi connectivity index (χ4n) is 4.15. The lowest BCUT2D eigenvalue weighted by atomic mass is 9.90. The monoisotopic (exact) mass is 346 g/mol. The topological polar surface area (TPSA) is 6.48 Å². The summed E-state index contributed by atoms with van der Waals surface area (Å²) >= 11 is 0. The van der Waals surface area contributed by atoms with Crippen molar-refractivity contribution in [1.82, 2.24) is 9.80 Å². The van der Waals surface area contributed by atoms with Crippen LogP contribution in [0.3, 0.4) is 0 Å². The molecule has 0 aromatic heterocycles. The smallest absolute Gasteiger partial charge is 0.0475 e. The first-order valence-electron chi connectivity index (χ1n) is 9.43. The molecule has 3 rings (SSSR count). The number of hydrogen-bond donors (Lipinski definition) is 0. The Kier molecular flexibility index (Phi) is 6.08. The molecule has 1 fully saturated rings. The van der Waals surface area contributed by atoms with Crippen LogP contribution in [0.2, 0.25) is 0 Å². The first-order valence-corrected chi connectivity index (χ1v) is 9.43. The van der Waals surface area contributed by atoms with Crippen molar-refractivity contribution in [1.29, 1.82) is 0 Å². The van der Waals surface area contributed by atoms with Gasteiger partial charge in [0.1, 0.15) is 0 Å². The van der Waals surface area contributed by atoms with Crippen molar-refractivity contribution in [2.75, 3.05) is 27.2 Å². The van der Waals surface area contributed by atoms with E-state index in [1.165, 1.54) is 22.3 Å². The zero-order chi connectivity index (χ0) is 18.5. The molecule has 0 radical (unpaired) electrons. The summed E-state index contributed by atoms with van der Waals surface area (Å²) in [5.74, 6) is 0. The second-order valence-electron chi connectivity index (χ2n) is 7.29. The molecular formula is C24H30N2. The fourth-order valence-corrected chi connectivity index (χ4v) is 4.15. The van der Waals surface area contributed by atoms with Crippen molar-refractivity contribution in [3.05, 3.63) is 96.1 Å². The van der Waals surface area contributed by atoms with Crippen LogP contribution in [-0.2, 0) is 12.8 Å². The molecule has 2 heteroatoms.